The standard InChI is InChI=1S/C15H15Br2NOS/c16-12-3-1-11(2-4-12)14-10-18(7-8-19-14)9-13-5-6-15(17)20-13/h1-6,14H,7-10H2. The number of thiophene rings is 1. The smallest absolute Gasteiger partial charge is 0.0952 e. The summed E-state index contributed by atoms with van der Waals surface area (Å²) in [6, 6.07) is 12.7. The first-order valence-electron chi connectivity index (χ1n) is 6.54. The lowest BCUT2D eigenvalue weighted by Crippen LogP contribution is -2.37. The van der Waals surface area contributed by atoms with E-state index in [1.807, 2.05) is 11.3 Å². The maximum absolute atomic E-state index is 5.91. The van der Waals surface area contributed by atoms with Crippen molar-refractivity contribution in [3.8, 4) is 0 Å². The fraction of sp³-hybridized carbons (Fsp3) is 0.333. The van der Waals surface area contributed by atoms with Crippen LogP contribution in [-0.4, -0.2) is 24.6 Å². The van der Waals surface area contributed by atoms with Crippen molar-refractivity contribution in [2.24, 2.45) is 0 Å². The van der Waals surface area contributed by atoms with Crippen LogP contribution in [0.15, 0.2) is 44.7 Å². The van der Waals surface area contributed by atoms with Gasteiger partial charge in [-0.2, -0.15) is 0 Å². The van der Waals surface area contributed by atoms with Crippen molar-refractivity contribution in [1.29, 1.82) is 0 Å². The van der Waals surface area contributed by atoms with Gasteiger partial charge in [0.2, 0.25) is 0 Å². The lowest BCUT2D eigenvalue weighted by Gasteiger charge is -2.32. The van der Waals surface area contributed by atoms with Gasteiger partial charge < -0.3 is 4.74 Å². The van der Waals surface area contributed by atoms with E-state index >= 15 is 0 Å². The number of rotatable bonds is 3. The normalized spacial score (nSPS) is 20.2. The summed E-state index contributed by atoms with van der Waals surface area (Å²) in [5.41, 5.74) is 1.25. The Morgan fingerprint density at radius 3 is 2.65 bits per heavy atom. The lowest BCUT2D eigenvalue weighted by molar-refractivity contribution is -0.0326. The molecule has 1 unspecified atom stereocenters. The highest BCUT2D eigenvalue weighted by Crippen LogP contribution is 2.27. The van der Waals surface area contributed by atoms with Crippen LogP contribution < -0.4 is 0 Å². The van der Waals surface area contributed by atoms with Crippen molar-refractivity contribution in [1.82, 2.24) is 4.90 Å². The molecule has 1 aromatic heterocycles. The fourth-order valence-electron chi connectivity index (χ4n) is 2.38. The minimum absolute atomic E-state index is 0.181. The molecule has 0 amide bonds. The topological polar surface area (TPSA) is 12.5 Å². The molecule has 0 bridgehead atoms. The third-order valence-electron chi connectivity index (χ3n) is 3.40. The summed E-state index contributed by atoms with van der Waals surface area (Å²) < 4.78 is 8.22. The van der Waals surface area contributed by atoms with Gasteiger partial charge in [0, 0.05) is 29.0 Å². The number of nitrogens with zero attached hydrogens (tertiary/aromatic N) is 1. The number of morpholine rings is 1. The molecule has 3 rings (SSSR count). The largest absolute Gasteiger partial charge is 0.371 e. The molecular formula is C15H15Br2NOS. The summed E-state index contributed by atoms with van der Waals surface area (Å²) in [6.45, 7) is 3.76. The monoisotopic (exact) mass is 415 g/mol. The van der Waals surface area contributed by atoms with E-state index in [0.717, 1.165) is 30.7 Å². The van der Waals surface area contributed by atoms with E-state index in [1.165, 1.54) is 14.2 Å². The predicted octanol–water partition coefficient (Wildman–Crippen LogP) is 4.85. The van der Waals surface area contributed by atoms with Crippen LogP contribution in [0, 0.1) is 0 Å². The van der Waals surface area contributed by atoms with Crippen molar-refractivity contribution >= 4 is 43.2 Å². The molecular weight excluding hydrogens is 402 g/mol. The highest BCUT2D eigenvalue weighted by molar-refractivity contribution is 9.11. The van der Waals surface area contributed by atoms with E-state index < -0.39 is 0 Å². The lowest BCUT2D eigenvalue weighted by atomic mass is 10.1. The van der Waals surface area contributed by atoms with Crippen molar-refractivity contribution in [2.75, 3.05) is 19.7 Å². The predicted molar refractivity (Wildman–Crippen MR) is 90.1 cm³/mol. The summed E-state index contributed by atoms with van der Waals surface area (Å²) in [4.78, 5) is 3.86. The number of halogens is 2. The van der Waals surface area contributed by atoms with Crippen LogP contribution in [0.3, 0.4) is 0 Å². The second kappa shape index (κ2) is 6.71. The first-order chi connectivity index (χ1) is 9.70. The quantitative estimate of drug-likeness (QED) is 0.709. The molecule has 1 saturated heterocycles. The van der Waals surface area contributed by atoms with Crippen molar-refractivity contribution in [3.05, 3.63) is 55.1 Å². The van der Waals surface area contributed by atoms with Gasteiger partial charge in [0.1, 0.15) is 0 Å². The van der Waals surface area contributed by atoms with Gasteiger partial charge >= 0.3 is 0 Å². The van der Waals surface area contributed by atoms with E-state index in [0.29, 0.717) is 0 Å². The van der Waals surface area contributed by atoms with Gasteiger partial charge in [-0.1, -0.05) is 28.1 Å². The third kappa shape index (κ3) is 3.71. The van der Waals surface area contributed by atoms with Gasteiger partial charge in [-0.05, 0) is 45.8 Å². The number of benzene rings is 1. The van der Waals surface area contributed by atoms with Gasteiger partial charge in [0.25, 0.3) is 0 Å². The van der Waals surface area contributed by atoms with Gasteiger partial charge in [0.15, 0.2) is 0 Å². The molecule has 106 valence electrons. The highest BCUT2D eigenvalue weighted by atomic mass is 79.9. The molecule has 0 N–H and O–H groups in total. The Bertz CT molecular complexity index is 570. The molecule has 0 spiro atoms. The van der Waals surface area contributed by atoms with Crippen molar-refractivity contribution in [2.45, 2.75) is 12.6 Å². The van der Waals surface area contributed by atoms with Gasteiger partial charge in [-0.15, -0.1) is 11.3 Å². The van der Waals surface area contributed by atoms with E-state index in [-0.39, 0.29) is 6.10 Å². The van der Waals surface area contributed by atoms with Crippen LogP contribution in [0.4, 0.5) is 0 Å². The van der Waals surface area contributed by atoms with Gasteiger partial charge in [0.05, 0.1) is 16.5 Å². The molecule has 2 heterocycles. The van der Waals surface area contributed by atoms with Crippen molar-refractivity contribution < 1.29 is 4.74 Å². The van der Waals surface area contributed by atoms with Crippen LogP contribution in [-0.2, 0) is 11.3 Å². The Morgan fingerprint density at radius 2 is 1.95 bits per heavy atom. The van der Waals surface area contributed by atoms with Crippen molar-refractivity contribution in [3.63, 3.8) is 0 Å². The van der Waals surface area contributed by atoms with Crippen LogP contribution in [0.25, 0.3) is 0 Å². The first kappa shape index (κ1) is 14.7. The molecule has 0 saturated carbocycles. The van der Waals surface area contributed by atoms with Gasteiger partial charge in [-0.25, -0.2) is 0 Å². The summed E-state index contributed by atoms with van der Waals surface area (Å²) in [5.74, 6) is 0. The van der Waals surface area contributed by atoms with Crippen LogP contribution >= 0.6 is 43.2 Å². The average Bonchev–Trinajstić information content (AvgIpc) is 2.85. The molecule has 0 aliphatic carbocycles. The molecule has 1 aliphatic rings. The summed E-state index contributed by atoms with van der Waals surface area (Å²) in [5, 5.41) is 0. The first-order valence-corrected chi connectivity index (χ1v) is 8.94. The Hall–Kier alpha value is -0.200. The molecule has 2 aromatic rings. The number of ether oxygens (including phenoxy) is 1. The maximum atomic E-state index is 5.91. The molecule has 5 heteroatoms. The van der Waals surface area contributed by atoms with E-state index in [2.05, 4.69) is 73.2 Å². The zero-order valence-electron chi connectivity index (χ0n) is 10.9. The van der Waals surface area contributed by atoms with E-state index in [4.69, 9.17) is 4.74 Å². The SMILES string of the molecule is Brc1ccc(C2CN(Cc3ccc(Br)s3)CCO2)cc1. The molecule has 2 nitrogen and oxygen atoms in total. The Balaban J connectivity index is 1.65. The summed E-state index contributed by atoms with van der Waals surface area (Å²) in [6.07, 6.45) is 0.181. The van der Waals surface area contributed by atoms with Gasteiger partial charge in [-0.3, -0.25) is 4.90 Å². The molecule has 0 radical (unpaired) electrons. The zero-order chi connectivity index (χ0) is 13.9. The minimum atomic E-state index is 0.181. The number of hydrogen-bond acceptors (Lipinski definition) is 3. The zero-order valence-corrected chi connectivity index (χ0v) is 14.9. The maximum Gasteiger partial charge on any atom is 0.0952 e. The number of hydrogen-bond donors (Lipinski definition) is 0. The second-order valence-corrected chi connectivity index (χ2v) is 8.32. The molecule has 20 heavy (non-hydrogen) atoms. The molecule has 1 fully saturated rings. The highest BCUT2D eigenvalue weighted by Gasteiger charge is 2.22. The minimum Gasteiger partial charge on any atom is -0.371 e. The third-order valence-corrected chi connectivity index (χ3v) is 5.54. The Labute approximate surface area is 140 Å². The Kier molecular flexibility index (Phi) is 4.94. The van der Waals surface area contributed by atoms with E-state index in [9.17, 15) is 0 Å². The Morgan fingerprint density at radius 1 is 1.15 bits per heavy atom. The summed E-state index contributed by atoms with van der Waals surface area (Å²) >= 11 is 8.81. The second-order valence-electron chi connectivity index (χ2n) is 4.85. The fourth-order valence-corrected chi connectivity index (χ4v) is 4.17. The van der Waals surface area contributed by atoms with E-state index in [1.54, 1.807) is 0 Å². The molecule has 1 aromatic carbocycles. The molecule has 1 aliphatic heterocycles. The average molecular weight is 417 g/mol. The van der Waals surface area contributed by atoms with Crippen LogP contribution in [0.5, 0.6) is 0 Å². The summed E-state index contributed by atoms with van der Waals surface area (Å²) in [7, 11) is 0. The van der Waals surface area contributed by atoms with Crippen LogP contribution in [0.1, 0.15) is 16.5 Å². The van der Waals surface area contributed by atoms with Crippen LogP contribution in [0.2, 0.25) is 0 Å². The molecule has 1 atom stereocenters.